The van der Waals surface area contributed by atoms with Crippen LogP contribution in [0.1, 0.15) is 26.7 Å². The summed E-state index contributed by atoms with van der Waals surface area (Å²) in [4.78, 5) is 21.4. The van der Waals surface area contributed by atoms with Gasteiger partial charge in [-0.2, -0.15) is 5.10 Å². The molecular formula is C10H9N3O4. The summed E-state index contributed by atoms with van der Waals surface area (Å²) in [7, 11) is 0. The van der Waals surface area contributed by atoms with Gasteiger partial charge in [0.15, 0.2) is 0 Å². The number of nitrogens with two attached hydrogens (primary N) is 1. The molecule has 0 radical (unpaired) electrons. The molecule has 2 heterocycles. The number of nitrogens with zero attached hydrogens (tertiary/aromatic N) is 2. The molecular weight excluding hydrogens is 226 g/mol. The summed E-state index contributed by atoms with van der Waals surface area (Å²) in [5.41, 5.74) is 5.36. The second-order valence-corrected chi connectivity index (χ2v) is 3.36. The van der Waals surface area contributed by atoms with Crippen LogP contribution in [0, 0.1) is 0 Å². The summed E-state index contributed by atoms with van der Waals surface area (Å²) in [5.74, 6) is -1.40. The first-order valence-electron chi connectivity index (χ1n) is 4.70. The standard InChI is InChI=1S/C10H9N3O4/c11-9(14)6-3-12-13(4-6)5-7-1-2-8(17-7)10(15)16/h1-4H,5H2,(H2,11,14)(H,15,16). The zero-order valence-corrected chi connectivity index (χ0v) is 8.66. The number of rotatable bonds is 4. The Balaban J connectivity index is 2.13. The number of aromatic carboxylic acids is 1. The molecule has 1 amide bonds. The van der Waals surface area contributed by atoms with E-state index in [1.165, 1.54) is 29.2 Å². The SMILES string of the molecule is NC(=O)c1cnn(Cc2ccc(C(=O)O)o2)c1. The molecule has 7 heteroatoms. The molecule has 17 heavy (non-hydrogen) atoms. The number of hydrogen-bond donors (Lipinski definition) is 2. The molecule has 0 aliphatic carbocycles. The molecule has 2 rings (SSSR count). The molecule has 0 saturated carbocycles. The number of carbonyl (C=O) groups is 2. The second-order valence-electron chi connectivity index (χ2n) is 3.36. The van der Waals surface area contributed by atoms with Crippen LogP contribution in [0.25, 0.3) is 0 Å². The number of carbonyl (C=O) groups excluding carboxylic acids is 1. The highest BCUT2D eigenvalue weighted by molar-refractivity contribution is 5.92. The Labute approximate surface area is 95.4 Å². The fourth-order valence-electron chi connectivity index (χ4n) is 1.31. The molecule has 0 saturated heterocycles. The maximum atomic E-state index is 10.8. The number of carboxylic acid groups (broad SMARTS) is 1. The minimum atomic E-state index is -1.13. The topological polar surface area (TPSA) is 111 Å². The summed E-state index contributed by atoms with van der Waals surface area (Å²) < 4.78 is 6.48. The quantitative estimate of drug-likeness (QED) is 0.792. The zero-order chi connectivity index (χ0) is 12.4. The summed E-state index contributed by atoms with van der Waals surface area (Å²) in [5, 5.41) is 12.6. The fraction of sp³-hybridized carbons (Fsp3) is 0.100. The van der Waals surface area contributed by atoms with E-state index in [0.29, 0.717) is 5.76 Å². The van der Waals surface area contributed by atoms with Crippen LogP contribution >= 0.6 is 0 Å². The van der Waals surface area contributed by atoms with Crippen LogP contribution in [0.2, 0.25) is 0 Å². The molecule has 0 fully saturated rings. The van der Waals surface area contributed by atoms with Crippen molar-refractivity contribution in [1.29, 1.82) is 0 Å². The van der Waals surface area contributed by atoms with Crippen LogP contribution in [0.4, 0.5) is 0 Å². The highest BCUT2D eigenvalue weighted by atomic mass is 16.4. The van der Waals surface area contributed by atoms with E-state index in [2.05, 4.69) is 5.10 Å². The maximum absolute atomic E-state index is 10.8. The van der Waals surface area contributed by atoms with Crippen molar-refractivity contribution in [2.45, 2.75) is 6.54 Å². The monoisotopic (exact) mass is 235 g/mol. The minimum absolute atomic E-state index is 0.137. The summed E-state index contributed by atoms with van der Waals surface area (Å²) in [6, 6.07) is 2.89. The molecule has 0 atom stereocenters. The van der Waals surface area contributed by atoms with Crippen molar-refractivity contribution in [2.24, 2.45) is 5.73 Å². The maximum Gasteiger partial charge on any atom is 0.371 e. The van der Waals surface area contributed by atoms with Gasteiger partial charge in [0.25, 0.3) is 5.91 Å². The largest absolute Gasteiger partial charge is 0.475 e. The van der Waals surface area contributed by atoms with Gasteiger partial charge in [-0.3, -0.25) is 9.48 Å². The smallest absolute Gasteiger partial charge is 0.371 e. The van der Waals surface area contributed by atoms with Crippen molar-refractivity contribution in [2.75, 3.05) is 0 Å². The molecule has 0 spiro atoms. The van der Waals surface area contributed by atoms with E-state index in [9.17, 15) is 9.59 Å². The van der Waals surface area contributed by atoms with Crippen molar-refractivity contribution in [3.8, 4) is 0 Å². The van der Waals surface area contributed by atoms with Crippen LogP contribution in [-0.2, 0) is 6.54 Å². The zero-order valence-electron chi connectivity index (χ0n) is 8.66. The highest BCUT2D eigenvalue weighted by Crippen LogP contribution is 2.09. The van der Waals surface area contributed by atoms with E-state index in [4.69, 9.17) is 15.3 Å². The first-order valence-corrected chi connectivity index (χ1v) is 4.70. The number of aromatic nitrogens is 2. The van der Waals surface area contributed by atoms with Crippen molar-refractivity contribution < 1.29 is 19.1 Å². The van der Waals surface area contributed by atoms with E-state index in [1.54, 1.807) is 0 Å². The Kier molecular flexibility index (Phi) is 2.65. The van der Waals surface area contributed by atoms with Crippen molar-refractivity contribution in [3.63, 3.8) is 0 Å². The van der Waals surface area contributed by atoms with Gasteiger partial charge in [-0.1, -0.05) is 0 Å². The van der Waals surface area contributed by atoms with E-state index < -0.39 is 11.9 Å². The van der Waals surface area contributed by atoms with Gasteiger partial charge in [-0.05, 0) is 12.1 Å². The third-order valence-electron chi connectivity index (χ3n) is 2.11. The Morgan fingerprint density at radius 3 is 2.76 bits per heavy atom. The van der Waals surface area contributed by atoms with Crippen molar-refractivity contribution in [3.05, 3.63) is 41.6 Å². The summed E-state index contributed by atoms with van der Waals surface area (Å²) in [6.45, 7) is 0.237. The van der Waals surface area contributed by atoms with Crippen LogP contribution in [0.5, 0.6) is 0 Å². The van der Waals surface area contributed by atoms with E-state index >= 15 is 0 Å². The summed E-state index contributed by atoms with van der Waals surface area (Å²) >= 11 is 0. The molecule has 0 bridgehead atoms. The van der Waals surface area contributed by atoms with Crippen LogP contribution < -0.4 is 5.73 Å². The van der Waals surface area contributed by atoms with Crippen molar-refractivity contribution >= 4 is 11.9 Å². The van der Waals surface area contributed by atoms with Gasteiger partial charge in [0.2, 0.25) is 5.76 Å². The second kappa shape index (κ2) is 4.12. The first kappa shape index (κ1) is 10.9. The Bertz CT molecular complexity index is 519. The number of furan rings is 1. The fourth-order valence-corrected chi connectivity index (χ4v) is 1.31. The molecule has 0 unspecified atom stereocenters. The molecule has 0 aromatic carbocycles. The van der Waals surface area contributed by atoms with Gasteiger partial charge in [0, 0.05) is 6.20 Å². The number of carboxylic acids is 1. The highest BCUT2D eigenvalue weighted by Gasteiger charge is 2.10. The Hall–Kier alpha value is -2.57. The third-order valence-corrected chi connectivity index (χ3v) is 2.11. The minimum Gasteiger partial charge on any atom is -0.475 e. The van der Waals surface area contributed by atoms with Gasteiger partial charge >= 0.3 is 5.97 Å². The molecule has 7 nitrogen and oxygen atoms in total. The molecule has 3 N–H and O–H groups in total. The van der Waals surface area contributed by atoms with Gasteiger partial charge in [0.1, 0.15) is 5.76 Å². The Morgan fingerprint density at radius 2 is 2.24 bits per heavy atom. The summed E-state index contributed by atoms with van der Waals surface area (Å²) in [6.07, 6.45) is 2.80. The lowest BCUT2D eigenvalue weighted by molar-refractivity contribution is 0.0660. The van der Waals surface area contributed by atoms with E-state index in [-0.39, 0.29) is 17.9 Å². The predicted octanol–water partition coefficient (Wildman–Crippen LogP) is 0.321. The van der Waals surface area contributed by atoms with Crippen LogP contribution in [0.15, 0.2) is 28.9 Å². The molecule has 88 valence electrons. The first-order chi connectivity index (χ1) is 8.06. The number of primary amides is 1. The average molecular weight is 235 g/mol. The van der Waals surface area contributed by atoms with E-state index in [0.717, 1.165) is 0 Å². The lowest BCUT2D eigenvalue weighted by atomic mass is 10.3. The number of hydrogen-bond acceptors (Lipinski definition) is 4. The number of amides is 1. The lowest BCUT2D eigenvalue weighted by Gasteiger charge is -1.96. The average Bonchev–Trinajstić information content (AvgIpc) is 2.87. The molecule has 2 aromatic rings. The molecule has 2 aromatic heterocycles. The van der Waals surface area contributed by atoms with Crippen molar-refractivity contribution in [1.82, 2.24) is 9.78 Å². The van der Waals surface area contributed by atoms with Gasteiger partial charge < -0.3 is 15.3 Å². The lowest BCUT2D eigenvalue weighted by Crippen LogP contribution is -2.09. The third kappa shape index (κ3) is 2.33. The van der Waals surface area contributed by atoms with Gasteiger partial charge in [-0.25, -0.2) is 4.79 Å². The van der Waals surface area contributed by atoms with Crippen LogP contribution in [-0.4, -0.2) is 26.8 Å². The van der Waals surface area contributed by atoms with Gasteiger partial charge in [0.05, 0.1) is 18.3 Å². The van der Waals surface area contributed by atoms with Gasteiger partial charge in [-0.15, -0.1) is 0 Å². The normalized spacial score (nSPS) is 10.4. The van der Waals surface area contributed by atoms with E-state index in [1.807, 2.05) is 0 Å². The predicted molar refractivity (Wildman–Crippen MR) is 55.5 cm³/mol. The molecule has 0 aliphatic heterocycles. The van der Waals surface area contributed by atoms with Crippen LogP contribution in [0.3, 0.4) is 0 Å². The Morgan fingerprint density at radius 1 is 1.47 bits per heavy atom. The molecule has 0 aliphatic rings.